The Hall–Kier alpha value is -0.0800. The highest BCUT2D eigenvalue weighted by atomic mass is 16.3. The first kappa shape index (κ1) is 13.0. The summed E-state index contributed by atoms with van der Waals surface area (Å²) in [7, 11) is 0. The molecule has 1 aliphatic carbocycles. The minimum atomic E-state index is -0.101. The highest BCUT2D eigenvalue weighted by Crippen LogP contribution is 2.35. The fraction of sp³-hybridized carbons (Fsp3) is 1.00. The van der Waals surface area contributed by atoms with Gasteiger partial charge >= 0.3 is 0 Å². The van der Waals surface area contributed by atoms with E-state index in [1.807, 2.05) is 0 Å². The van der Waals surface area contributed by atoms with Gasteiger partial charge in [-0.05, 0) is 25.3 Å². The lowest BCUT2D eigenvalue weighted by atomic mass is 9.73. The maximum absolute atomic E-state index is 10.0. The summed E-state index contributed by atoms with van der Waals surface area (Å²) in [5, 5.41) is 13.5. The zero-order valence-corrected chi connectivity index (χ0v) is 10.6. The van der Waals surface area contributed by atoms with E-state index < -0.39 is 0 Å². The zero-order chi connectivity index (χ0) is 11.3. The summed E-state index contributed by atoms with van der Waals surface area (Å²) in [6, 6.07) is 0. The minimum absolute atomic E-state index is 0.101. The highest BCUT2D eigenvalue weighted by molar-refractivity contribution is 4.87. The first-order valence-electron chi connectivity index (χ1n) is 6.47. The van der Waals surface area contributed by atoms with Gasteiger partial charge in [0.15, 0.2) is 0 Å². The molecule has 3 atom stereocenters. The molecule has 0 radical (unpaired) electrons. The van der Waals surface area contributed by atoms with Gasteiger partial charge in [-0.15, -0.1) is 0 Å². The van der Waals surface area contributed by atoms with Crippen molar-refractivity contribution in [3.8, 4) is 0 Å². The molecule has 1 rings (SSSR count). The van der Waals surface area contributed by atoms with Crippen LogP contribution < -0.4 is 5.32 Å². The van der Waals surface area contributed by atoms with Crippen LogP contribution in [0.5, 0.6) is 0 Å². The second kappa shape index (κ2) is 5.86. The second-order valence-electron chi connectivity index (χ2n) is 5.56. The molecule has 3 unspecified atom stereocenters. The van der Waals surface area contributed by atoms with Gasteiger partial charge in [0.2, 0.25) is 0 Å². The van der Waals surface area contributed by atoms with E-state index in [0.29, 0.717) is 0 Å². The van der Waals surface area contributed by atoms with E-state index in [1.165, 1.54) is 25.7 Å². The van der Waals surface area contributed by atoms with E-state index in [1.54, 1.807) is 0 Å². The first-order chi connectivity index (χ1) is 7.08. The van der Waals surface area contributed by atoms with Crippen molar-refractivity contribution in [1.29, 1.82) is 0 Å². The molecule has 0 bridgehead atoms. The summed E-state index contributed by atoms with van der Waals surface area (Å²) < 4.78 is 0. The molecule has 0 aromatic rings. The third-order valence-corrected chi connectivity index (χ3v) is 4.00. The van der Waals surface area contributed by atoms with Crippen LogP contribution in [0.3, 0.4) is 0 Å². The lowest BCUT2D eigenvalue weighted by Gasteiger charge is -2.39. The van der Waals surface area contributed by atoms with Crippen LogP contribution in [0.4, 0.5) is 0 Å². The Labute approximate surface area is 94.5 Å². The quantitative estimate of drug-likeness (QED) is 0.735. The predicted molar refractivity (Wildman–Crippen MR) is 64.9 cm³/mol. The van der Waals surface area contributed by atoms with Gasteiger partial charge in [0.05, 0.1) is 6.10 Å². The molecule has 15 heavy (non-hydrogen) atoms. The van der Waals surface area contributed by atoms with Crippen molar-refractivity contribution >= 4 is 0 Å². The van der Waals surface area contributed by atoms with E-state index in [-0.39, 0.29) is 11.5 Å². The third-order valence-electron chi connectivity index (χ3n) is 4.00. The Bertz CT molecular complexity index is 183. The number of hydrogen-bond donors (Lipinski definition) is 2. The van der Waals surface area contributed by atoms with Gasteiger partial charge in [-0.2, -0.15) is 0 Å². The van der Waals surface area contributed by atoms with Crippen molar-refractivity contribution in [2.45, 2.75) is 59.0 Å². The van der Waals surface area contributed by atoms with E-state index >= 15 is 0 Å². The average molecular weight is 213 g/mol. The summed E-state index contributed by atoms with van der Waals surface area (Å²) in [5.41, 5.74) is 0.117. The van der Waals surface area contributed by atoms with Crippen LogP contribution in [0, 0.1) is 11.3 Å². The minimum Gasteiger partial charge on any atom is -0.393 e. The normalized spacial score (nSPS) is 34.0. The van der Waals surface area contributed by atoms with Crippen molar-refractivity contribution in [1.82, 2.24) is 5.32 Å². The molecule has 0 spiro atoms. The molecule has 1 fully saturated rings. The van der Waals surface area contributed by atoms with Crippen molar-refractivity contribution in [2.75, 3.05) is 13.1 Å². The van der Waals surface area contributed by atoms with Crippen LogP contribution in [0.2, 0.25) is 0 Å². The van der Waals surface area contributed by atoms with Crippen molar-refractivity contribution in [3.05, 3.63) is 0 Å². The first-order valence-corrected chi connectivity index (χ1v) is 6.47. The molecule has 0 saturated heterocycles. The Morgan fingerprint density at radius 1 is 1.47 bits per heavy atom. The van der Waals surface area contributed by atoms with Crippen molar-refractivity contribution < 1.29 is 5.11 Å². The van der Waals surface area contributed by atoms with Gasteiger partial charge in [-0.1, -0.05) is 40.0 Å². The number of nitrogens with one attached hydrogen (secondary N) is 1. The summed E-state index contributed by atoms with van der Waals surface area (Å²) in [5.74, 6) is 0.745. The summed E-state index contributed by atoms with van der Waals surface area (Å²) >= 11 is 0. The molecule has 2 heteroatoms. The molecule has 2 nitrogen and oxygen atoms in total. The predicted octanol–water partition coefficient (Wildman–Crippen LogP) is 2.56. The zero-order valence-electron chi connectivity index (χ0n) is 10.6. The smallest absolute Gasteiger partial charge is 0.0605 e. The van der Waals surface area contributed by atoms with E-state index in [2.05, 4.69) is 26.1 Å². The molecule has 0 aliphatic heterocycles. The van der Waals surface area contributed by atoms with Gasteiger partial charge in [0, 0.05) is 12.0 Å². The summed E-state index contributed by atoms with van der Waals surface area (Å²) in [6.45, 7) is 8.77. The highest BCUT2D eigenvalue weighted by Gasteiger charge is 2.34. The van der Waals surface area contributed by atoms with Gasteiger partial charge in [-0.3, -0.25) is 0 Å². The molecule has 1 aliphatic rings. The Kier molecular flexibility index (Phi) is 5.07. The standard InChI is InChI=1S/C13H27NO/c1-4-11(2)9-14-10-13(3)8-6-5-7-12(13)15/h11-12,14-15H,4-10H2,1-3H3. The third kappa shape index (κ3) is 3.76. The van der Waals surface area contributed by atoms with Gasteiger partial charge in [-0.25, -0.2) is 0 Å². The van der Waals surface area contributed by atoms with Crippen LogP contribution in [-0.4, -0.2) is 24.3 Å². The molecule has 90 valence electrons. The molecule has 1 saturated carbocycles. The lowest BCUT2D eigenvalue weighted by Crippen LogP contribution is -2.44. The van der Waals surface area contributed by atoms with Gasteiger partial charge in [0.25, 0.3) is 0 Å². The molecule has 0 heterocycles. The SMILES string of the molecule is CCC(C)CNCC1(C)CCCCC1O. The molecule has 0 aromatic heterocycles. The van der Waals surface area contributed by atoms with Crippen LogP contribution in [0.25, 0.3) is 0 Å². The maximum Gasteiger partial charge on any atom is 0.0605 e. The topological polar surface area (TPSA) is 32.3 Å². The van der Waals surface area contributed by atoms with E-state index in [4.69, 9.17) is 0 Å². The lowest BCUT2D eigenvalue weighted by molar-refractivity contribution is 0.000983. The largest absolute Gasteiger partial charge is 0.393 e. The van der Waals surface area contributed by atoms with E-state index in [0.717, 1.165) is 25.4 Å². The second-order valence-corrected chi connectivity index (χ2v) is 5.56. The fourth-order valence-corrected chi connectivity index (χ4v) is 2.34. The number of rotatable bonds is 5. The molecular weight excluding hydrogens is 186 g/mol. The van der Waals surface area contributed by atoms with Gasteiger partial charge in [0.1, 0.15) is 0 Å². The van der Waals surface area contributed by atoms with Crippen LogP contribution in [-0.2, 0) is 0 Å². The Morgan fingerprint density at radius 3 is 2.80 bits per heavy atom. The summed E-state index contributed by atoms with van der Waals surface area (Å²) in [4.78, 5) is 0. The van der Waals surface area contributed by atoms with Gasteiger partial charge < -0.3 is 10.4 Å². The van der Waals surface area contributed by atoms with E-state index in [9.17, 15) is 5.11 Å². The van der Waals surface area contributed by atoms with Crippen LogP contribution >= 0.6 is 0 Å². The Morgan fingerprint density at radius 2 is 2.20 bits per heavy atom. The molecule has 0 amide bonds. The van der Waals surface area contributed by atoms with Crippen molar-refractivity contribution in [2.24, 2.45) is 11.3 Å². The molecule has 2 N–H and O–H groups in total. The number of aliphatic hydroxyl groups excluding tert-OH is 1. The van der Waals surface area contributed by atoms with Crippen LogP contribution in [0.15, 0.2) is 0 Å². The Balaban J connectivity index is 2.28. The number of aliphatic hydroxyl groups is 1. The fourth-order valence-electron chi connectivity index (χ4n) is 2.34. The number of hydrogen-bond acceptors (Lipinski definition) is 2. The maximum atomic E-state index is 10.0. The molecule has 0 aromatic carbocycles. The van der Waals surface area contributed by atoms with Crippen molar-refractivity contribution in [3.63, 3.8) is 0 Å². The van der Waals surface area contributed by atoms with Crippen LogP contribution in [0.1, 0.15) is 52.9 Å². The monoisotopic (exact) mass is 213 g/mol. The average Bonchev–Trinajstić information content (AvgIpc) is 2.22. The summed E-state index contributed by atoms with van der Waals surface area (Å²) in [6.07, 6.45) is 5.76. The molecular formula is C13H27NO.